The summed E-state index contributed by atoms with van der Waals surface area (Å²) in [5.41, 5.74) is 0.285. The van der Waals surface area contributed by atoms with Gasteiger partial charge in [0.1, 0.15) is 0 Å². The molecule has 0 spiro atoms. The van der Waals surface area contributed by atoms with Crippen LogP contribution in [0.3, 0.4) is 0 Å². The molecule has 28 heavy (non-hydrogen) atoms. The lowest BCUT2D eigenvalue weighted by Gasteiger charge is -2.11. The Hall–Kier alpha value is -2.96. The number of nitrogens with zero attached hydrogens (tertiary/aromatic N) is 1. The van der Waals surface area contributed by atoms with Gasteiger partial charge in [0, 0.05) is 21.0 Å². The van der Waals surface area contributed by atoms with Crippen LogP contribution in [0, 0.1) is 0 Å². The number of para-hydroxylation sites is 1. The highest BCUT2D eigenvalue weighted by Crippen LogP contribution is 2.35. The molecule has 0 fully saturated rings. The fraction of sp³-hybridized carbons (Fsp3) is 0.0952. The number of aromatic nitrogens is 2. The third kappa shape index (κ3) is 3.56. The number of halogens is 1. The summed E-state index contributed by atoms with van der Waals surface area (Å²) in [6.07, 6.45) is 2.26. The van der Waals surface area contributed by atoms with Gasteiger partial charge in [0.15, 0.2) is 11.9 Å². The summed E-state index contributed by atoms with van der Waals surface area (Å²) in [6, 6.07) is 14.8. The molecule has 1 N–H and O–H groups in total. The lowest BCUT2D eigenvalue weighted by Crippen LogP contribution is -2.16. The number of benzene rings is 2. The average molecular weight is 411 g/mol. The standard InChI is InChI=1S/C21H15ClN2O3S/c1-12(20-23-15-8-4-2-6-13(15)21(26)24-20)27-18(25)11-10-17-19(22)14-7-3-5-9-16(14)28-17/h2-12H,1H3,(H,23,24,26)/b11-10+/t12-/m0/s1. The van der Waals surface area contributed by atoms with Crippen molar-refractivity contribution in [2.45, 2.75) is 13.0 Å². The van der Waals surface area contributed by atoms with E-state index in [9.17, 15) is 9.59 Å². The van der Waals surface area contributed by atoms with Crippen LogP contribution in [0.15, 0.2) is 59.4 Å². The van der Waals surface area contributed by atoms with Crippen molar-refractivity contribution in [1.82, 2.24) is 9.97 Å². The number of carbonyl (C=O) groups is 1. The Morgan fingerprint density at radius 3 is 2.68 bits per heavy atom. The summed E-state index contributed by atoms with van der Waals surface area (Å²) in [5.74, 6) is -0.248. The number of nitrogens with one attached hydrogen (secondary N) is 1. The second-order valence-electron chi connectivity index (χ2n) is 6.16. The highest BCUT2D eigenvalue weighted by molar-refractivity contribution is 7.20. The number of H-pyrrole nitrogens is 1. The minimum atomic E-state index is -0.702. The van der Waals surface area contributed by atoms with E-state index in [1.54, 1.807) is 37.3 Å². The van der Waals surface area contributed by atoms with Crippen molar-refractivity contribution >= 4 is 56.0 Å². The van der Waals surface area contributed by atoms with Crippen molar-refractivity contribution in [2.24, 2.45) is 0 Å². The number of ether oxygens (including phenoxy) is 1. The fourth-order valence-corrected chi connectivity index (χ4v) is 4.25. The number of hydrogen-bond acceptors (Lipinski definition) is 5. The lowest BCUT2D eigenvalue weighted by molar-refractivity contribution is -0.142. The Balaban J connectivity index is 1.52. The average Bonchev–Trinajstić information content (AvgIpc) is 3.02. The first-order chi connectivity index (χ1) is 13.5. The largest absolute Gasteiger partial charge is 0.451 e. The van der Waals surface area contributed by atoms with E-state index in [0.717, 1.165) is 15.0 Å². The summed E-state index contributed by atoms with van der Waals surface area (Å²) in [7, 11) is 0. The molecule has 0 aliphatic rings. The van der Waals surface area contributed by atoms with E-state index >= 15 is 0 Å². The summed E-state index contributed by atoms with van der Waals surface area (Å²) in [6.45, 7) is 1.66. The molecule has 0 amide bonds. The van der Waals surface area contributed by atoms with E-state index in [1.165, 1.54) is 17.4 Å². The van der Waals surface area contributed by atoms with E-state index in [-0.39, 0.29) is 5.56 Å². The second-order valence-corrected chi connectivity index (χ2v) is 7.62. The van der Waals surface area contributed by atoms with Gasteiger partial charge < -0.3 is 9.72 Å². The van der Waals surface area contributed by atoms with Gasteiger partial charge in [0.25, 0.3) is 5.56 Å². The molecule has 2 aromatic carbocycles. The van der Waals surface area contributed by atoms with E-state index in [4.69, 9.17) is 16.3 Å². The van der Waals surface area contributed by atoms with Gasteiger partial charge >= 0.3 is 5.97 Å². The van der Waals surface area contributed by atoms with Crippen molar-refractivity contribution in [3.05, 3.63) is 80.7 Å². The maximum Gasteiger partial charge on any atom is 0.331 e. The molecule has 0 bridgehead atoms. The molecule has 4 rings (SSSR count). The van der Waals surface area contributed by atoms with Crippen LogP contribution in [-0.2, 0) is 9.53 Å². The van der Waals surface area contributed by atoms with Crippen molar-refractivity contribution in [3.8, 4) is 0 Å². The van der Waals surface area contributed by atoms with Gasteiger partial charge in [0.05, 0.1) is 15.9 Å². The number of esters is 1. The number of carbonyl (C=O) groups excluding carboxylic acids is 1. The normalized spacial score (nSPS) is 12.6. The van der Waals surface area contributed by atoms with Crippen molar-refractivity contribution < 1.29 is 9.53 Å². The molecule has 2 heterocycles. The van der Waals surface area contributed by atoms with Gasteiger partial charge in [-0.05, 0) is 31.2 Å². The Kier molecular flexibility index (Phi) is 4.98. The molecular formula is C21H15ClN2O3S. The molecule has 0 saturated carbocycles. The highest BCUT2D eigenvalue weighted by Gasteiger charge is 2.14. The first kappa shape index (κ1) is 18.4. The van der Waals surface area contributed by atoms with Crippen molar-refractivity contribution in [1.29, 1.82) is 0 Å². The van der Waals surface area contributed by atoms with E-state index in [0.29, 0.717) is 21.7 Å². The van der Waals surface area contributed by atoms with Crippen molar-refractivity contribution in [3.63, 3.8) is 0 Å². The molecule has 0 aliphatic carbocycles. The first-order valence-corrected chi connectivity index (χ1v) is 9.77. The molecule has 0 saturated heterocycles. The molecule has 0 aliphatic heterocycles. The zero-order valence-corrected chi connectivity index (χ0v) is 16.4. The van der Waals surface area contributed by atoms with Crippen LogP contribution >= 0.6 is 22.9 Å². The zero-order chi connectivity index (χ0) is 19.7. The third-order valence-electron chi connectivity index (χ3n) is 4.24. The Bertz CT molecular complexity index is 1280. The molecule has 0 radical (unpaired) electrons. The number of rotatable bonds is 4. The molecule has 1 atom stereocenters. The van der Waals surface area contributed by atoms with Crippen LogP contribution in [0.25, 0.3) is 27.1 Å². The smallest absolute Gasteiger partial charge is 0.331 e. The number of aromatic amines is 1. The quantitative estimate of drug-likeness (QED) is 0.375. The fourth-order valence-electron chi connectivity index (χ4n) is 2.85. The number of hydrogen-bond donors (Lipinski definition) is 1. The second kappa shape index (κ2) is 7.58. The van der Waals surface area contributed by atoms with Crippen LogP contribution in [0.4, 0.5) is 0 Å². The molecule has 4 aromatic rings. The highest BCUT2D eigenvalue weighted by atomic mass is 35.5. The third-order valence-corrected chi connectivity index (χ3v) is 5.90. The first-order valence-electron chi connectivity index (χ1n) is 8.57. The number of thiophene rings is 1. The monoisotopic (exact) mass is 410 g/mol. The summed E-state index contributed by atoms with van der Waals surface area (Å²) in [4.78, 5) is 32.2. The van der Waals surface area contributed by atoms with Crippen LogP contribution in [0.1, 0.15) is 23.7 Å². The van der Waals surface area contributed by atoms with Gasteiger partial charge in [0.2, 0.25) is 0 Å². The molecular weight excluding hydrogens is 396 g/mol. The number of fused-ring (bicyclic) bond motifs is 2. The predicted octanol–water partition coefficient (Wildman–Crippen LogP) is 5.11. The predicted molar refractivity (Wildman–Crippen MR) is 113 cm³/mol. The van der Waals surface area contributed by atoms with Gasteiger partial charge in [-0.25, -0.2) is 9.78 Å². The zero-order valence-electron chi connectivity index (χ0n) is 14.8. The van der Waals surface area contributed by atoms with Crippen LogP contribution in [-0.4, -0.2) is 15.9 Å². The van der Waals surface area contributed by atoms with Crippen LogP contribution in [0.5, 0.6) is 0 Å². The molecule has 2 aromatic heterocycles. The van der Waals surface area contributed by atoms with Crippen molar-refractivity contribution in [2.75, 3.05) is 0 Å². The van der Waals surface area contributed by atoms with Crippen LogP contribution in [0.2, 0.25) is 5.02 Å². The minimum Gasteiger partial charge on any atom is -0.451 e. The molecule has 7 heteroatoms. The summed E-state index contributed by atoms with van der Waals surface area (Å²) >= 11 is 7.87. The van der Waals surface area contributed by atoms with E-state index in [2.05, 4.69) is 9.97 Å². The molecule has 140 valence electrons. The minimum absolute atomic E-state index is 0.268. The van der Waals surface area contributed by atoms with Crippen LogP contribution < -0.4 is 5.56 Å². The van der Waals surface area contributed by atoms with E-state index in [1.807, 2.05) is 24.3 Å². The van der Waals surface area contributed by atoms with E-state index < -0.39 is 12.1 Å². The maximum atomic E-state index is 12.2. The lowest BCUT2D eigenvalue weighted by atomic mass is 10.2. The van der Waals surface area contributed by atoms with Gasteiger partial charge in [-0.15, -0.1) is 11.3 Å². The Morgan fingerprint density at radius 1 is 1.18 bits per heavy atom. The van der Waals surface area contributed by atoms with Gasteiger partial charge in [-0.2, -0.15) is 0 Å². The Labute approximate surface area is 169 Å². The summed E-state index contributed by atoms with van der Waals surface area (Å²) in [5, 5.41) is 2.05. The summed E-state index contributed by atoms with van der Waals surface area (Å²) < 4.78 is 6.43. The molecule has 5 nitrogen and oxygen atoms in total. The topological polar surface area (TPSA) is 72.0 Å². The van der Waals surface area contributed by atoms with Gasteiger partial charge in [-0.3, -0.25) is 4.79 Å². The SMILES string of the molecule is C[C@H](OC(=O)/C=C/c1sc2ccccc2c1Cl)c1nc2ccccc2c(=O)[nH]1. The molecule has 0 unspecified atom stereocenters. The Morgan fingerprint density at radius 2 is 1.89 bits per heavy atom. The van der Waals surface area contributed by atoms with Gasteiger partial charge in [-0.1, -0.05) is 41.9 Å². The maximum absolute atomic E-state index is 12.2.